The van der Waals surface area contributed by atoms with E-state index in [4.69, 9.17) is 4.18 Å². The van der Waals surface area contributed by atoms with Crippen LogP contribution in [0.5, 0.6) is 5.75 Å². The molecule has 1 rings (SSSR count). The Morgan fingerprint density at radius 2 is 1.68 bits per heavy atom. The lowest BCUT2D eigenvalue weighted by atomic mass is 9.84. The normalized spacial score (nSPS) is 13.1. The molecule has 1 aromatic carbocycles. The van der Waals surface area contributed by atoms with Gasteiger partial charge >= 0.3 is 10.1 Å². The first-order valence-electron chi connectivity index (χ1n) is 12.4. The lowest BCUT2D eigenvalue weighted by Gasteiger charge is -2.29. The van der Waals surface area contributed by atoms with Crippen molar-refractivity contribution in [1.82, 2.24) is 9.80 Å². The summed E-state index contributed by atoms with van der Waals surface area (Å²) in [6, 6.07) is 5.65. The summed E-state index contributed by atoms with van der Waals surface area (Å²) < 4.78 is 30.2. The second-order valence-electron chi connectivity index (χ2n) is 10.6. The van der Waals surface area contributed by atoms with Crippen molar-refractivity contribution in [3.63, 3.8) is 0 Å². The number of carbonyl (C=O) groups is 1. The maximum Gasteiger partial charge on any atom is 0.308 e. The van der Waals surface area contributed by atoms with Crippen LogP contribution >= 0.6 is 0 Å². The molecule has 0 fully saturated rings. The molecular formula is C26H47N3O4S. The maximum absolute atomic E-state index is 13.3. The molecule has 0 aliphatic carbocycles. The summed E-state index contributed by atoms with van der Waals surface area (Å²) in [7, 11) is 0.254. The number of carbonyl (C=O) groups excluding carboxylic acids is 1. The van der Waals surface area contributed by atoms with Gasteiger partial charge in [-0.05, 0) is 58.7 Å². The van der Waals surface area contributed by atoms with E-state index in [2.05, 4.69) is 46.4 Å². The SMILES string of the molecule is CCN(CC)c1ccc(CN(CCN(C)C)C(=O)C[C@@H](C)CC(C)(C)C)c(OS(=O)(=O)CC)c1. The lowest BCUT2D eigenvalue weighted by molar-refractivity contribution is -0.133. The first-order valence-corrected chi connectivity index (χ1v) is 14.0. The van der Waals surface area contributed by atoms with Crippen LogP contribution < -0.4 is 9.08 Å². The molecule has 0 heterocycles. The fourth-order valence-corrected chi connectivity index (χ4v) is 4.64. The van der Waals surface area contributed by atoms with Gasteiger partial charge in [0.05, 0.1) is 5.75 Å². The van der Waals surface area contributed by atoms with Gasteiger partial charge in [0.1, 0.15) is 5.75 Å². The third kappa shape index (κ3) is 10.6. The second kappa shape index (κ2) is 13.3. The van der Waals surface area contributed by atoms with Crippen LogP contribution in [0.15, 0.2) is 18.2 Å². The van der Waals surface area contributed by atoms with E-state index >= 15 is 0 Å². The number of anilines is 1. The monoisotopic (exact) mass is 497 g/mol. The Labute approximate surface area is 208 Å². The van der Waals surface area contributed by atoms with Crippen LogP contribution in [0.1, 0.15) is 66.9 Å². The van der Waals surface area contributed by atoms with Crippen molar-refractivity contribution in [1.29, 1.82) is 0 Å². The standard InChI is InChI=1S/C26H47N3O4S/c1-10-28(11-2)23-14-13-22(24(18-23)33-34(31,32)12-3)20-29(16-15-27(8)9)25(30)17-21(4)19-26(5,6)7/h13-14,18,21H,10-12,15-17,19-20H2,1-9H3/t21-/m1/s1. The van der Waals surface area contributed by atoms with E-state index in [1.165, 1.54) is 0 Å². The van der Waals surface area contributed by atoms with E-state index in [9.17, 15) is 13.2 Å². The van der Waals surface area contributed by atoms with E-state index in [0.717, 1.165) is 31.7 Å². The lowest BCUT2D eigenvalue weighted by Crippen LogP contribution is -2.37. The molecule has 196 valence electrons. The van der Waals surface area contributed by atoms with Gasteiger partial charge in [-0.2, -0.15) is 8.42 Å². The molecule has 0 saturated carbocycles. The van der Waals surface area contributed by atoms with E-state index in [0.29, 0.717) is 30.8 Å². The highest BCUT2D eigenvalue weighted by Gasteiger charge is 2.23. The average molecular weight is 498 g/mol. The highest BCUT2D eigenvalue weighted by atomic mass is 32.2. The van der Waals surface area contributed by atoms with E-state index in [1.807, 2.05) is 36.0 Å². The predicted molar refractivity (Wildman–Crippen MR) is 142 cm³/mol. The molecule has 0 spiro atoms. The summed E-state index contributed by atoms with van der Waals surface area (Å²) in [6.45, 7) is 17.6. The molecule has 8 heteroatoms. The molecule has 1 atom stereocenters. The molecule has 0 unspecified atom stereocenters. The summed E-state index contributed by atoms with van der Waals surface area (Å²) in [5.74, 6) is 0.526. The summed E-state index contributed by atoms with van der Waals surface area (Å²) in [5.41, 5.74) is 1.76. The minimum absolute atomic E-state index is 0.0794. The van der Waals surface area contributed by atoms with Crippen molar-refractivity contribution < 1.29 is 17.4 Å². The summed E-state index contributed by atoms with van der Waals surface area (Å²) in [6.07, 6.45) is 1.42. The molecule has 0 radical (unpaired) electrons. The van der Waals surface area contributed by atoms with Crippen LogP contribution in [0.3, 0.4) is 0 Å². The molecule has 0 saturated heterocycles. The molecule has 1 aromatic rings. The highest BCUT2D eigenvalue weighted by Crippen LogP contribution is 2.30. The van der Waals surface area contributed by atoms with Gasteiger partial charge in [0.2, 0.25) is 5.91 Å². The van der Waals surface area contributed by atoms with Gasteiger partial charge in [0.25, 0.3) is 0 Å². The molecule has 1 amide bonds. The zero-order valence-electron chi connectivity index (χ0n) is 22.8. The molecule has 0 bridgehead atoms. The molecule has 34 heavy (non-hydrogen) atoms. The number of rotatable bonds is 14. The van der Waals surface area contributed by atoms with E-state index in [1.54, 1.807) is 13.0 Å². The van der Waals surface area contributed by atoms with Gasteiger partial charge in [0.15, 0.2) is 0 Å². The first kappa shape index (κ1) is 30.2. The Kier molecular flexibility index (Phi) is 11.9. The number of nitrogens with zero attached hydrogens (tertiary/aromatic N) is 3. The van der Waals surface area contributed by atoms with Crippen LogP contribution in [0.4, 0.5) is 5.69 Å². The van der Waals surface area contributed by atoms with Crippen molar-refractivity contribution >= 4 is 21.7 Å². The van der Waals surface area contributed by atoms with Gasteiger partial charge < -0.3 is 18.9 Å². The minimum Gasteiger partial charge on any atom is -0.382 e. The van der Waals surface area contributed by atoms with Gasteiger partial charge in [-0.25, -0.2) is 0 Å². The highest BCUT2D eigenvalue weighted by molar-refractivity contribution is 7.87. The van der Waals surface area contributed by atoms with E-state index in [-0.39, 0.29) is 23.0 Å². The minimum atomic E-state index is -3.70. The van der Waals surface area contributed by atoms with Gasteiger partial charge in [0, 0.05) is 56.5 Å². The molecule has 0 aliphatic rings. The van der Waals surface area contributed by atoms with Crippen molar-refractivity contribution in [3.8, 4) is 5.75 Å². The largest absolute Gasteiger partial charge is 0.382 e. The van der Waals surface area contributed by atoms with Crippen LogP contribution in [-0.4, -0.2) is 70.2 Å². The summed E-state index contributed by atoms with van der Waals surface area (Å²) in [5, 5.41) is 0. The van der Waals surface area contributed by atoms with Crippen molar-refractivity contribution in [2.24, 2.45) is 11.3 Å². The third-order valence-electron chi connectivity index (χ3n) is 5.76. The van der Waals surface area contributed by atoms with Crippen LogP contribution in [-0.2, 0) is 21.5 Å². The Morgan fingerprint density at radius 1 is 1.06 bits per heavy atom. The number of benzene rings is 1. The number of hydrogen-bond donors (Lipinski definition) is 0. The zero-order chi connectivity index (χ0) is 26.1. The quantitative estimate of drug-likeness (QED) is 0.350. The van der Waals surface area contributed by atoms with Crippen molar-refractivity contribution in [3.05, 3.63) is 23.8 Å². The predicted octanol–water partition coefficient (Wildman–Crippen LogP) is 4.61. The smallest absolute Gasteiger partial charge is 0.308 e. The maximum atomic E-state index is 13.3. The topological polar surface area (TPSA) is 70.2 Å². The zero-order valence-corrected chi connectivity index (χ0v) is 23.7. The fourth-order valence-electron chi connectivity index (χ4n) is 4.10. The Morgan fingerprint density at radius 3 is 2.18 bits per heavy atom. The Hall–Kier alpha value is -1.80. The Balaban J connectivity index is 3.28. The second-order valence-corrected chi connectivity index (χ2v) is 12.4. The average Bonchev–Trinajstić information content (AvgIpc) is 2.71. The van der Waals surface area contributed by atoms with Crippen molar-refractivity contribution in [2.45, 2.75) is 67.9 Å². The molecule has 7 nitrogen and oxygen atoms in total. The fraction of sp³-hybridized carbons (Fsp3) is 0.731. The third-order valence-corrected chi connectivity index (χ3v) is 6.91. The van der Waals surface area contributed by atoms with E-state index < -0.39 is 10.1 Å². The molecule has 0 aromatic heterocycles. The van der Waals surface area contributed by atoms with Crippen LogP contribution in [0.2, 0.25) is 0 Å². The van der Waals surface area contributed by atoms with Crippen molar-refractivity contribution in [2.75, 3.05) is 50.9 Å². The number of amides is 1. The van der Waals surface area contributed by atoms with Gasteiger partial charge in [-0.15, -0.1) is 0 Å². The number of likely N-dealkylation sites (N-methyl/N-ethyl adjacent to an activating group) is 1. The molecule has 0 aliphatic heterocycles. The van der Waals surface area contributed by atoms with Gasteiger partial charge in [-0.3, -0.25) is 4.79 Å². The van der Waals surface area contributed by atoms with Crippen LogP contribution in [0, 0.1) is 11.3 Å². The molecular weight excluding hydrogens is 450 g/mol. The Bertz CT molecular complexity index is 875. The van der Waals surface area contributed by atoms with Gasteiger partial charge in [-0.1, -0.05) is 33.8 Å². The summed E-state index contributed by atoms with van der Waals surface area (Å²) in [4.78, 5) is 19.3. The van der Waals surface area contributed by atoms with Crippen LogP contribution in [0.25, 0.3) is 0 Å². The first-order chi connectivity index (χ1) is 15.7. The summed E-state index contributed by atoms with van der Waals surface area (Å²) >= 11 is 0. The molecule has 0 N–H and O–H groups in total. The number of hydrogen-bond acceptors (Lipinski definition) is 6.